The lowest BCUT2D eigenvalue weighted by Crippen LogP contribution is -2.28. The third kappa shape index (κ3) is 5.95. The van der Waals surface area contributed by atoms with Crippen LogP contribution in [0.5, 0.6) is 0 Å². The predicted octanol–water partition coefficient (Wildman–Crippen LogP) is 2.00. The molecule has 116 valence electrons. The molecule has 0 radical (unpaired) electrons. The number of hydrogen-bond donors (Lipinski definition) is 3. The maximum absolute atomic E-state index is 12.1. The number of hydrogen-bond acceptors (Lipinski definition) is 3. The van der Waals surface area contributed by atoms with Gasteiger partial charge in [-0.15, -0.1) is 0 Å². The Morgan fingerprint density at radius 1 is 1.19 bits per heavy atom. The Labute approximate surface area is 126 Å². The van der Waals surface area contributed by atoms with E-state index in [0.717, 1.165) is 0 Å². The number of rotatable bonds is 7. The fraction of sp³-hybridized carbons (Fsp3) is 0.500. The van der Waals surface area contributed by atoms with E-state index < -0.39 is 0 Å². The molecule has 0 aliphatic rings. The van der Waals surface area contributed by atoms with Crippen LogP contribution in [0.15, 0.2) is 24.3 Å². The van der Waals surface area contributed by atoms with Gasteiger partial charge in [-0.1, -0.05) is 32.9 Å². The first kappa shape index (κ1) is 17.2. The number of carbonyl (C=O) groups is 2. The Hall–Kier alpha value is -1.88. The summed E-state index contributed by atoms with van der Waals surface area (Å²) < 4.78 is 0. The van der Waals surface area contributed by atoms with Crippen LogP contribution >= 0.6 is 0 Å². The molecule has 5 heteroatoms. The highest BCUT2D eigenvalue weighted by Crippen LogP contribution is 2.16. The van der Waals surface area contributed by atoms with Gasteiger partial charge in [0.2, 0.25) is 5.91 Å². The summed E-state index contributed by atoms with van der Waals surface area (Å²) in [5.41, 5.74) is 6.53. The highest BCUT2D eigenvalue weighted by molar-refractivity contribution is 6.03. The van der Waals surface area contributed by atoms with E-state index in [1.54, 1.807) is 24.3 Å². The van der Waals surface area contributed by atoms with Gasteiger partial charge < -0.3 is 16.4 Å². The van der Waals surface area contributed by atoms with Crippen molar-refractivity contribution < 1.29 is 9.59 Å². The summed E-state index contributed by atoms with van der Waals surface area (Å²) in [6.07, 6.45) is 0.346. The number of para-hydroxylation sites is 1. The zero-order valence-electron chi connectivity index (χ0n) is 13.0. The summed E-state index contributed by atoms with van der Waals surface area (Å²) in [4.78, 5) is 24.1. The predicted molar refractivity (Wildman–Crippen MR) is 85.1 cm³/mol. The van der Waals surface area contributed by atoms with Crippen molar-refractivity contribution in [2.45, 2.75) is 27.2 Å². The maximum atomic E-state index is 12.1. The molecule has 0 bridgehead atoms. The highest BCUT2D eigenvalue weighted by Gasteiger charge is 2.14. The van der Waals surface area contributed by atoms with E-state index in [9.17, 15) is 9.59 Å². The highest BCUT2D eigenvalue weighted by atomic mass is 16.2. The maximum Gasteiger partial charge on any atom is 0.253 e. The smallest absolute Gasteiger partial charge is 0.253 e. The van der Waals surface area contributed by atoms with Gasteiger partial charge in [-0.2, -0.15) is 0 Å². The van der Waals surface area contributed by atoms with Crippen LogP contribution in [-0.4, -0.2) is 24.9 Å². The standard InChI is InChI=1S/C16H25N3O2/c1-11(2)10-18-16(21)13-6-4-5-7-14(13)19-15(20)8-12(3)9-17/h4-7,11-12H,8-10,17H2,1-3H3,(H,18,21)(H,19,20). The number of benzene rings is 1. The monoisotopic (exact) mass is 291 g/mol. The van der Waals surface area contributed by atoms with Crippen molar-refractivity contribution in [2.75, 3.05) is 18.4 Å². The molecule has 5 nitrogen and oxygen atoms in total. The van der Waals surface area contributed by atoms with Gasteiger partial charge in [0.1, 0.15) is 0 Å². The minimum Gasteiger partial charge on any atom is -0.352 e. The molecular formula is C16H25N3O2. The zero-order valence-corrected chi connectivity index (χ0v) is 13.0. The van der Waals surface area contributed by atoms with Crippen LogP contribution in [0.4, 0.5) is 5.69 Å². The van der Waals surface area contributed by atoms with Crippen molar-refractivity contribution in [1.29, 1.82) is 0 Å². The van der Waals surface area contributed by atoms with Crippen LogP contribution < -0.4 is 16.4 Å². The number of nitrogens with one attached hydrogen (secondary N) is 2. The van der Waals surface area contributed by atoms with E-state index in [0.29, 0.717) is 36.7 Å². The molecule has 0 aliphatic heterocycles. The molecule has 1 aromatic rings. The molecule has 0 aliphatic carbocycles. The molecule has 4 N–H and O–H groups in total. The quantitative estimate of drug-likeness (QED) is 0.718. The second kappa shape index (κ2) is 8.42. The van der Waals surface area contributed by atoms with E-state index in [4.69, 9.17) is 5.73 Å². The second-order valence-corrected chi connectivity index (χ2v) is 5.74. The van der Waals surface area contributed by atoms with Gasteiger partial charge >= 0.3 is 0 Å². The third-order valence-electron chi connectivity index (χ3n) is 3.05. The first-order valence-electron chi connectivity index (χ1n) is 7.31. The fourth-order valence-corrected chi connectivity index (χ4v) is 1.78. The molecule has 1 rings (SSSR count). The number of carbonyl (C=O) groups excluding carboxylic acids is 2. The summed E-state index contributed by atoms with van der Waals surface area (Å²) in [6, 6.07) is 7.01. The SMILES string of the molecule is CC(C)CNC(=O)c1ccccc1NC(=O)CC(C)CN. The number of nitrogens with two attached hydrogens (primary N) is 1. The minimum absolute atomic E-state index is 0.118. The average Bonchev–Trinajstić information content (AvgIpc) is 2.45. The molecular weight excluding hydrogens is 266 g/mol. The summed E-state index contributed by atoms with van der Waals surface area (Å²) in [6.45, 7) is 7.04. The normalized spacial score (nSPS) is 12.0. The average molecular weight is 291 g/mol. The van der Waals surface area contributed by atoms with Crippen molar-refractivity contribution >= 4 is 17.5 Å². The first-order valence-corrected chi connectivity index (χ1v) is 7.31. The Morgan fingerprint density at radius 3 is 2.48 bits per heavy atom. The number of anilines is 1. The molecule has 0 saturated carbocycles. The van der Waals surface area contributed by atoms with Crippen LogP contribution in [0.3, 0.4) is 0 Å². The van der Waals surface area contributed by atoms with Gasteiger partial charge in [0.05, 0.1) is 11.3 Å². The topological polar surface area (TPSA) is 84.2 Å². The van der Waals surface area contributed by atoms with Gasteiger partial charge in [0, 0.05) is 13.0 Å². The molecule has 21 heavy (non-hydrogen) atoms. The number of amides is 2. The Bertz CT molecular complexity index is 486. The Balaban J connectivity index is 2.75. The van der Waals surface area contributed by atoms with Crippen LogP contribution in [0.1, 0.15) is 37.6 Å². The Morgan fingerprint density at radius 2 is 1.86 bits per heavy atom. The molecule has 1 atom stereocenters. The van der Waals surface area contributed by atoms with Gasteiger partial charge in [-0.05, 0) is 30.5 Å². The van der Waals surface area contributed by atoms with Crippen LogP contribution in [-0.2, 0) is 4.79 Å². The van der Waals surface area contributed by atoms with Gasteiger partial charge in [0.25, 0.3) is 5.91 Å². The lowest BCUT2D eigenvalue weighted by molar-refractivity contribution is -0.116. The molecule has 0 aromatic heterocycles. The largest absolute Gasteiger partial charge is 0.352 e. The molecule has 0 fully saturated rings. The van der Waals surface area contributed by atoms with Crippen molar-refractivity contribution in [2.24, 2.45) is 17.6 Å². The molecule has 0 saturated heterocycles. The lowest BCUT2D eigenvalue weighted by atomic mass is 10.1. The molecule has 1 aromatic carbocycles. The minimum atomic E-state index is -0.175. The Kier molecular flexibility index (Phi) is 6.88. The third-order valence-corrected chi connectivity index (χ3v) is 3.05. The molecule has 0 heterocycles. The van der Waals surface area contributed by atoms with E-state index in [2.05, 4.69) is 10.6 Å². The first-order chi connectivity index (χ1) is 9.93. The van der Waals surface area contributed by atoms with Crippen molar-refractivity contribution in [3.8, 4) is 0 Å². The second-order valence-electron chi connectivity index (χ2n) is 5.74. The van der Waals surface area contributed by atoms with Crippen LogP contribution in [0.2, 0.25) is 0 Å². The van der Waals surface area contributed by atoms with Gasteiger partial charge in [-0.25, -0.2) is 0 Å². The zero-order chi connectivity index (χ0) is 15.8. The van der Waals surface area contributed by atoms with Crippen molar-refractivity contribution in [3.63, 3.8) is 0 Å². The van der Waals surface area contributed by atoms with Crippen molar-refractivity contribution in [3.05, 3.63) is 29.8 Å². The van der Waals surface area contributed by atoms with Crippen LogP contribution in [0.25, 0.3) is 0 Å². The van der Waals surface area contributed by atoms with E-state index in [1.165, 1.54) is 0 Å². The van der Waals surface area contributed by atoms with Gasteiger partial charge in [-0.3, -0.25) is 9.59 Å². The van der Waals surface area contributed by atoms with E-state index in [-0.39, 0.29) is 17.7 Å². The van der Waals surface area contributed by atoms with Gasteiger partial charge in [0.15, 0.2) is 0 Å². The summed E-state index contributed by atoms with van der Waals surface area (Å²) >= 11 is 0. The fourth-order valence-electron chi connectivity index (χ4n) is 1.78. The summed E-state index contributed by atoms with van der Waals surface area (Å²) in [5, 5.41) is 5.64. The summed E-state index contributed by atoms with van der Waals surface area (Å²) in [5.74, 6) is 0.191. The lowest BCUT2D eigenvalue weighted by Gasteiger charge is -2.13. The van der Waals surface area contributed by atoms with E-state index in [1.807, 2.05) is 20.8 Å². The van der Waals surface area contributed by atoms with Crippen molar-refractivity contribution in [1.82, 2.24) is 5.32 Å². The van der Waals surface area contributed by atoms with Crippen LogP contribution in [0, 0.1) is 11.8 Å². The summed E-state index contributed by atoms with van der Waals surface area (Å²) in [7, 11) is 0. The molecule has 2 amide bonds. The molecule has 1 unspecified atom stereocenters. The van der Waals surface area contributed by atoms with E-state index >= 15 is 0 Å². The molecule has 0 spiro atoms.